The highest BCUT2D eigenvalue weighted by molar-refractivity contribution is 7.16. The van der Waals surface area contributed by atoms with E-state index in [1.807, 2.05) is 11.3 Å². The third-order valence-electron chi connectivity index (χ3n) is 2.93. The maximum atomic E-state index is 5.29. The van der Waals surface area contributed by atoms with Gasteiger partial charge in [-0.3, -0.25) is 0 Å². The van der Waals surface area contributed by atoms with Crippen molar-refractivity contribution in [2.45, 2.75) is 25.4 Å². The molecule has 1 aromatic heterocycles. The van der Waals surface area contributed by atoms with E-state index in [4.69, 9.17) is 4.74 Å². The molecule has 0 saturated carbocycles. The first-order valence-corrected chi connectivity index (χ1v) is 6.21. The Morgan fingerprint density at radius 1 is 1.21 bits per heavy atom. The molecule has 2 aliphatic rings. The first-order chi connectivity index (χ1) is 6.93. The second-order valence-electron chi connectivity index (χ2n) is 4.05. The van der Waals surface area contributed by atoms with E-state index in [0.29, 0.717) is 6.10 Å². The number of thiophene rings is 1. The van der Waals surface area contributed by atoms with E-state index in [9.17, 15) is 0 Å². The van der Waals surface area contributed by atoms with Gasteiger partial charge in [-0.1, -0.05) is 0 Å². The molecule has 2 fully saturated rings. The molecule has 1 aromatic rings. The molecule has 3 rings (SSSR count). The maximum Gasteiger partial charge on any atom is 0.115 e. The van der Waals surface area contributed by atoms with Crippen molar-refractivity contribution in [2.24, 2.45) is 0 Å². The fraction of sp³-hybridized carbons (Fsp3) is 0.636. The lowest BCUT2D eigenvalue weighted by Crippen LogP contribution is -2.28. The molecule has 2 nitrogen and oxygen atoms in total. The molecule has 1 atom stereocenters. The Hall–Kier alpha value is -0.540. The Labute approximate surface area is 88.5 Å². The third kappa shape index (κ3) is 1.66. The van der Waals surface area contributed by atoms with Crippen molar-refractivity contribution in [1.29, 1.82) is 0 Å². The largest absolute Gasteiger partial charge is 0.367 e. The fourth-order valence-electron chi connectivity index (χ4n) is 2.01. The number of piperidine rings is 1. The van der Waals surface area contributed by atoms with Gasteiger partial charge in [0.1, 0.15) is 6.10 Å². The first kappa shape index (κ1) is 8.74. The van der Waals surface area contributed by atoms with Crippen molar-refractivity contribution in [2.75, 3.05) is 24.6 Å². The average molecular weight is 209 g/mol. The lowest BCUT2D eigenvalue weighted by molar-refractivity contribution is 0.418. The Kier molecular flexibility index (Phi) is 2.22. The molecule has 2 aliphatic heterocycles. The van der Waals surface area contributed by atoms with E-state index in [2.05, 4.69) is 17.0 Å². The van der Waals surface area contributed by atoms with Crippen LogP contribution in [-0.4, -0.2) is 19.7 Å². The summed E-state index contributed by atoms with van der Waals surface area (Å²) in [6, 6.07) is 4.49. The monoisotopic (exact) mass is 209 g/mol. The summed E-state index contributed by atoms with van der Waals surface area (Å²) in [5.41, 5.74) is 0. The van der Waals surface area contributed by atoms with Gasteiger partial charge in [0.15, 0.2) is 0 Å². The summed E-state index contributed by atoms with van der Waals surface area (Å²) in [6.07, 6.45) is 4.54. The predicted octanol–water partition coefficient (Wildman–Crippen LogP) is 2.81. The van der Waals surface area contributed by atoms with E-state index in [1.165, 1.54) is 42.2 Å². The number of ether oxygens (including phenoxy) is 1. The van der Waals surface area contributed by atoms with Crippen molar-refractivity contribution in [3.63, 3.8) is 0 Å². The summed E-state index contributed by atoms with van der Waals surface area (Å²) in [5, 5.41) is 1.44. The SMILES string of the molecule is c1cc(N2CCCCC2)sc1C1CO1. The van der Waals surface area contributed by atoms with Crippen molar-refractivity contribution in [1.82, 2.24) is 0 Å². The summed E-state index contributed by atoms with van der Waals surface area (Å²) >= 11 is 1.91. The van der Waals surface area contributed by atoms with Gasteiger partial charge in [0.25, 0.3) is 0 Å². The molecule has 76 valence electrons. The molecule has 1 unspecified atom stereocenters. The molecule has 2 saturated heterocycles. The predicted molar refractivity (Wildman–Crippen MR) is 59.1 cm³/mol. The fourth-order valence-corrected chi connectivity index (χ4v) is 3.10. The van der Waals surface area contributed by atoms with Gasteiger partial charge in [0.2, 0.25) is 0 Å². The molecule has 0 radical (unpaired) electrons. The van der Waals surface area contributed by atoms with Crippen LogP contribution in [0.1, 0.15) is 30.2 Å². The maximum absolute atomic E-state index is 5.29. The molecule has 0 aliphatic carbocycles. The Balaban J connectivity index is 1.74. The summed E-state index contributed by atoms with van der Waals surface area (Å²) in [6.45, 7) is 3.41. The standard InChI is InChI=1S/C11H15NOS/c1-2-6-12(7-3-1)11-5-4-10(14-11)9-8-13-9/h4-5,9H,1-3,6-8H2. The van der Waals surface area contributed by atoms with Gasteiger partial charge in [-0.05, 0) is 31.4 Å². The zero-order valence-electron chi connectivity index (χ0n) is 8.24. The molecule has 3 heteroatoms. The van der Waals surface area contributed by atoms with E-state index in [-0.39, 0.29) is 0 Å². The van der Waals surface area contributed by atoms with Crippen LogP contribution in [-0.2, 0) is 4.74 Å². The van der Waals surface area contributed by atoms with E-state index < -0.39 is 0 Å². The minimum atomic E-state index is 0.429. The smallest absolute Gasteiger partial charge is 0.115 e. The number of hydrogen-bond donors (Lipinski definition) is 0. The quantitative estimate of drug-likeness (QED) is 0.696. The summed E-state index contributed by atoms with van der Waals surface area (Å²) in [4.78, 5) is 3.92. The van der Waals surface area contributed by atoms with Crippen LogP contribution in [0.15, 0.2) is 12.1 Å². The topological polar surface area (TPSA) is 15.8 Å². The van der Waals surface area contributed by atoms with Crippen LogP contribution in [0.2, 0.25) is 0 Å². The van der Waals surface area contributed by atoms with E-state index >= 15 is 0 Å². The lowest BCUT2D eigenvalue weighted by atomic mass is 10.1. The first-order valence-electron chi connectivity index (χ1n) is 5.40. The lowest BCUT2D eigenvalue weighted by Gasteiger charge is -2.27. The van der Waals surface area contributed by atoms with E-state index in [1.54, 1.807) is 0 Å². The number of hydrogen-bond acceptors (Lipinski definition) is 3. The zero-order chi connectivity index (χ0) is 9.38. The molecule has 14 heavy (non-hydrogen) atoms. The molecule has 0 N–H and O–H groups in total. The Bertz CT molecular complexity index is 313. The van der Waals surface area contributed by atoms with Crippen LogP contribution in [0, 0.1) is 0 Å². The van der Waals surface area contributed by atoms with Gasteiger partial charge in [-0.25, -0.2) is 0 Å². The van der Waals surface area contributed by atoms with Crippen molar-refractivity contribution >= 4 is 16.3 Å². The van der Waals surface area contributed by atoms with Crippen molar-refractivity contribution < 1.29 is 4.74 Å². The van der Waals surface area contributed by atoms with Crippen LogP contribution in [0.4, 0.5) is 5.00 Å². The van der Waals surface area contributed by atoms with E-state index in [0.717, 1.165) is 6.61 Å². The molecule has 0 spiro atoms. The van der Waals surface area contributed by atoms with Crippen LogP contribution in [0.5, 0.6) is 0 Å². The van der Waals surface area contributed by atoms with Gasteiger partial charge < -0.3 is 9.64 Å². The van der Waals surface area contributed by atoms with Gasteiger partial charge in [0, 0.05) is 18.0 Å². The van der Waals surface area contributed by atoms with Crippen LogP contribution in [0.25, 0.3) is 0 Å². The van der Waals surface area contributed by atoms with Crippen molar-refractivity contribution in [3.8, 4) is 0 Å². The Morgan fingerprint density at radius 3 is 2.71 bits per heavy atom. The highest BCUT2D eigenvalue weighted by Crippen LogP contribution is 2.38. The number of anilines is 1. The van der Waals surface area contributed by atoms with Crippen LogP contribution < -0.4 is 4.90 Å². The minimum absolute atomic E-state index is 0.429. The zero-order valence-corrected chi connectivity index (χ0v) is 9.05. The normalized spacial score (nSPS) is 26.6. The molecule has 3 heterocycles. The molecule has 0 amide bonds. The van der Waals surface area contributed by atoms with Gasteiger partial charge in [-0.15, -0.1) is 11.3 Å². The second-order valence-corrected chi connectivity index (χ2v) is 5.14. The van der Waals surface area contributed by atoms with Crippen LogP contribution >= 0.6 is 11.3 Å². The minimum Gasteiger partial charge on any atom is -0.367 e. The number of nitrogens with zero attached hydrogens (tertiary/aromatic N) is 1. The second kappa shape index (κ2) is 3.55. The molecule has 0 bridgehead atoms. The van der Waals surface area contributed by atoms with Crippen molar-refractivity contribution in [3.05, 3.63) is 17.0 Å². The van der Waals surface area contributed by atoms with Crippen LogP contribution in [0.3, 0.4) is 0 Å². The Morgan fingerprint density at radius 2 is 2.00 bits per heavy atom. The summed E-state index contributed by atoms with van der Waals surface area (Å²) < 4.78 is 5.29. The highest BCUT2D eigenvalue weighted by atomic mass is 32.1. The third-order valence-corrected chi connectivity index (χ3v) is 4.17. The summed E-state index contributed by atoms with van der Waals surface area (Å²) in [5.74, 6) is 0. The van der Waals surface area contributed by atoms with Gasteiger partial charge >= 0.3 is 0 Å². The van der Waals surface area contributed by atoms with Gasteiger partial charge in [-0.2, -0.15) is 0 Å². The molecular formula is C11H15NOS. The number of rotatable bonds is 2. The number of epoxide rings is 1. The average Bonchev–Trinajstić information content (AvgIpc) is 2.98. The van der Waals surface area contributed by atoms with Gasteiger partial charge in [0.05, 0.1) is 11.6 Å². The summed E-state index contributed by atoms with van der Waals surface area (Å²) in [7, 11) is 0. The molecular weight excluding hydrogens is 194 g/mol. The molecule has 0 aromatic carbocycles. The highest BCUT2D eigenvalue weighted by Gasteiger charge is 2.27.